The number of aryl methyl sites for hydroxylation is 2. The van der Waals surface area contributed by atoms with E-state index >= 15 is 0 Å². The van der Waals surface area contributed by atoms with E-state index in [0.29, 0.717) is 34.7 Å². The molecule has 0 saturated carbocycles. The molecule has 0 aliphatic carbocycles. The molecule has 0 unspecified atom stereocenters. The van der Waals surface area contributed by atoms with Crippen LogP contribution in [0.1, 0.15) is 41.1 Å². The second-order valence-electron chi connectivity index (χ2n) is 9.06. The molecule has 1 fully saturated rings. The number of hydrogen-bond donors (Lipinski definition) is 2. The Balaban J connectivity index is 1.45. The lowest BCUT2D eigenvalue weighted by Crippen LogP contribution is -2.39. The van der Waals surface area contributed by atoms with Crippen LogP contribution in [0.4, 0.5) is 20.2 Å². The number of fused-ring (bicyclic) bond motifs is 1. The van der Waals surface area contributed by atoms with Gasteiger partial charge < -0.3 is 24.8 Å². The molecule has 192 valence electrons. The zero-order chi connectivity index (χ0) is 26.2. The van der Waals surface area contributed by atoms with Gasteiger partial charge in [0.15, 0.2) is 5.69 Å². The number of nitrogens with zero attached hydrogens (tertiary/aromatic N) is 5. The number of piperidine rings is 1. The lowest BCUT2D eigenvalue weighted by molar-refractivity contribution is -0.118. The van der Waals surface area contributed by atoms with Crippen molar-refractivity contribution in [3.05, 3.63) is 60.1 Å². The molecule has 0 spiro atoms. The summed E-state index contributed by atoms with van der Waals surface area (Å²) in [6.45, 7) is 2.08. The maximum absolute atomic E-state index is 13.8. The first-order valence-electron chi connectivity index (χ1n) is 11.8. The fraction of sp³-hybridized carbons (Fsp3) is 0.320. The average molecular weight is 510 g/mol. The quantitative estimate of drug-likeness (QED) is 0.389. The van der Waals surface area contributed by atoms with Crippen molar-refractivity contribution in [3.63, 3.8) is 0 Å². The van der Waals surface area contributed by atoms with Crippen molar-refractivity contribution in [2.45, 2.75) is 38.5 Å². The van der Waals surface area contributed by atoms with E-state index in [-0.39, 0.29) is 43.9 Å². The number of carbonyl (C=O) groups is 2. The van der Waals surface area contributed by atoms with Crippen LogP contribution in [0, 0.1) is 6.92 Å². The first kappa shape index (κ1) is 24.3. The van der Waals surface area contributed by atoms with Gasteiger partial charge in [-0.3, -0.25) is 14.6 Å². The number of carbonyl (C=O) groups excluding carboxylic acids is 2. The zero-order valence-corrected chi connectivity index (χ0v) is 20.1. The summed E-state index contributed by atoms with van der Waals surface area (Å²) >= 11 is 0. The van der Waals surface area contributed by atoms with Gasteiger partial charge in [0.1, 0.15) is 11.9 Å². The number of aromatic nitrogens is 4. The summed E-state index contributed by atoms with van der Waals surface area (Å²) in [7, 11) is 0. The zero-order valence-electron chi connectivity index (χ0n) is 20.1. The van der Waals surface area contributed by atoms with Gasteiger partial charge in [-0.2, -0.15) is 0 Å². The van der Waals surface area contributed by atoms with Crippen LogP contribution in [0.3, 0.4) is 0 Å². The Kier molecular flexibility index (Phi) is 6.32. The number of imidazole rings is 1. The second-order valence-corrected chi connectivity index (χ2v) is 9.06. The molecule has 0 aromatic carbocycles. The number of primary amides is 1. The molecule has 5 heterocycles. The summed E-state index contributed by atoms with van der Waals surface area (Å²) in [5.41, 5.74) is 8.96. The number of hydrogen-bond acceptors (Lipinski definition) is 7. The van der Waals surface area contributed by atoms with Gasteiger partial charge in [0.05, 0.1) is 17.1 Å². The molecule has 0 radical (unpaired) electrons. The van der Waals surface area contributed by atoms with Gasteiger partial charge >= 0.3 is 0 Å². The number of alkyl halides is 2. The summed E-state index contributed by atoms with van der Waals surface area (Å²) in [6.07, 6.45) is 6.22. The topological polar surface area (TPSA) is 132 Å². The molecule has 37 heavy (non-hydrogen) atoms. The third kappa shape index (κ3) is 5.42. The van der Waals surface area contributed by atoms with E-state index in [9.17, 15) is 18.4 Å². The SMILES string of the molecule is Cc1cc(-c2nc(C(=O)Nc3cn4cc(CCC(N)=O)nc4cc3N3CCC(F)(F)CC3)co2)ccn1. The van der Waals surface area contributed by atoms with Crippen molar-refractivity contribution in [1.29, 1.82) is 0 Å². The Morgan fingerprint density at radius 3 is 2.70 bits per heavy atom. The van der Waals surface area contributed by atoms with Crippen molar-refractivity contribution >= 4 is 28.8 Å². The molecule has 5 rings (SSSR count). The van der Waals surface area contributed by atoms with E-state index in [0.717, 1.165) is 5.69 Å². The Morgan fingerprint density at radius 1 is 1.19 bits per heavy atom. The summed E-state index contributed by atoms with van der Waals surface area (Å²) in [5, 5.41) is 2.85. The van der Waals surface area contributed by atoms with Crippen LogP contribution in [-0.2, 0) is 11.2 Å². The van der Waals surface area contributed by atoms with Crippen molar-refractivity contribution in [2.75, 3.05) is 23.3 Å². The van der Waals surface area contributed by atoms with Crippen LogP contribution in [0.15, 0.2) is 47.5 Å². The average Bonchev–Trinajstić information content (AvgIpc) is 3.49. The molecule has 1 saturated heterocycles. The highest BCUT2D eigenvalue weighted by Crippen LogP contribution is 2.35. The van der Waals surface area contributed by atoms with Gasteiger partial charge in [0.25, 0.3) is 11.8 Å². The van der Waals surface area contributed by atoms with Crippen molar-refractivity contribution < 1.29 is 22.8 Å². The van der Waals surface area contributed by atoms with Gasteiger partial charge in [-0.25, -0.2) is 18.7 Å². The minimum absolute atomic E-state index is 0.0634. The molecule has 12 heteroatoms. The molecular weight excluding hydrogens is 484 g/mol. The lowest BCUT2D eigenvalue weighted by Gasteiger charge is -2.34. The number of pyridine rings is 2. The largest absolute Gasteiger partial charge is 0.444 e. The molecule has 1 aliphatic heterocycles. The predicted molar refractivity (Wildman–Crippen MR) is 132 cm³/mol. The molecule has 4 aromatic rings. The highest BCUT2D eigenvalue weighted by Gasteiger charge is 2.35. The van der Waals surface area contributed by atoms with Crippen LogP contribution in [0.2, 0.25) is 0 Å². The van der Waals surface area contributed by atoms with Gasteiger partial charge in [-0.15, -0.1) is 0 Å². The van der Waals surface area contributed by atoms with Crippen molar-refractivity contribution in [2.24, 2.45) is 5.73 Å². The Morgan fingerprint density at radius 2 is 1.97 bits per heavy atom. The van der Waals surface area contributed by atoms with Gasteiger partial charge in [-0.05, 0) is 25.5 Å². The highest BCUT2D eigenvalue weighted by molar-refractivity contribution is 6.05. The number of halogens is 2. The summed E-state index contributed by atoms with van der Waals surface area (Å²) in [5.74, 6) is -3.40. The molecule has 2 amide bonds. The smallest absolute Gasteiger partial charge is 0.277 e. The van der Waals surface area contributed by atoms with Crippen LogP contribution in [-0.4, -0.2) is 50.2 Å². The molecule has 0 atom stereocenters. The summed E-state index contributed by atoms with van der Waals surface area (Å²) in [6, 6.07) is 5.26. The Bertz CT molecular complexity index is 1470. The van der Waals surface area contributed by atoms with E-state index in [4.69, 9.17) is 10.2 Å². The predicted octanol–water partition coefficient (Wildman–Crippen LogP) is 3.60. The first-order chi connectivity index (χ1) is 17.7. The Hall–Kier alpha value is -4.35. The summed E-state index contributed by atoms with van der Waals surface area (Å²) < 4.78 is 34.9. The normalized spacial score (nSPS) is 15.2. The monoisotopic (exact) mass is 509 g/mol. The van der Waals surface area contributed by atoms with E-state index in [1.165, 1.54) is 6.26 Å². The lowest BCUT2D eigenvalue weighted by atomic mass is 10.1. The van der Waals surface area contributed by atoms with E-state index in [2.05, 4.69) is 20.3 Å². The van der Waals surface area contributed by atoms with Crippen molar-refractivity contribution in [3.8, 4) is 11.5 Å². The highest BCUT2D eigenvalue weighted by atomic mass is 19.3. The van der Waals surface area contributed by atoms with Gasteiger partial charge in [0.2, 0.25) is 11.8 Å². The fourth-order valence-electron chi connectivity index (χ4n) is 4.26. The number of amides is 2. The molecule has 0 bridgehead atoms. The minimum atomic E-state index is -2.72. The molecule has 1 aliphatic rings. The third-order valence-electron chi connectivity index (χ3n) is 6.21. The number of nitrogens with two attached hydrogens (primary N) is 1. The van der Waals surface area contributed by atoms with Crippen LogP contribution >= 0.6 is 0 Å². The standard InChI is InChI=1S/C25H25F2N7O3/c1-15-10-16(4-7-29-15)24-32-19(14-37-24)23(36)31-18-13-34-12-17(2-3-21(28)35)30-22(34)11-20(18)33-8-5-25(26,27)6-9-33/h4,7,10-14H,2-3,5-6,8-9H2,1H3,(H2,28,35)(H,31,36). The fourth-order valence-corrected chi connectivity index (χ4v) is 4.26. The van der Waals surface area contributed by atoms with Crippen LogP contribution in [0.25, 0.3) is 17.1 Å². The second kappa shape index (κ2) is 9.60. The van der Waals surface area contributed by atoms with E-state index < -0.39 is 17.7 Å². The molecular formula is C25H25F2N7O3. The number of oxazole rings is 1. The third-order valence-corrected chi connectivity index (χ3v) is 6.21. The minimum Gasteiger partial charge on any atom is -0.444 e. The van der Waals surface area contributed by atoms with Crippen LogP contribution in [0.5, 0.6) is 0 Å². The first-order valence-corrected chi connectivity index (χ1v) is 11.8. The summed E-state index contributed by atoms with van der Waals surface area (Å²) in [4.78, 5) is 39.1. The van der Waals surface area contributed by atoms with Gasteiger partial charge in [0, 0.05) is 68.3 Å². The number of rotatable bonds is 7. The van der Waals surface area contributed by atoms with E-state index in [1.807, 2.05) is 6.92 Å². The van der Waals surface area contributed by atoms with Gasteiger partial charge in [-0.1, -0.05) is 0 Å². The van der Waals surface area contributed by atoms with E-state index in [1.54, 1.807) is 46.1 Å². The van der Waals surface area contributed by atoms with Crippen molar-refractivity contribution in [1.82, 2.24) is 19.4 Å². The maximum atomic E-state index is 13.8. The molecule has 3 N–H and O–H groups in total. The van der Waals surface area contributed by atoms with Crippen LogP contribution < -0.4 is 16.0 Å². The Labute approximate surface area is 210 Å². The number of anilines is 2. The maximum Gasteiger partial charge on any atom is 0.277 e. The number of nitrogens with one attached hydrogen (secondary N) is 1. The molecule has 10 nitrogen and oxygen atoms in total. The molecule has 4 aromatic heterocycles.